The van der Waals surface area contributed by atoms with Crippen molar-refractivity contribution in [2.24, 2.45) is 23.7 Å². The Morgan fingerprint density at radius 2 is 1.59 bits per heavy atom. The van der Waals surface area contributed by atoms with Gasteiger partial charge in [-0.25, -0.2) is 0 Å². The van der Waals surface area contributed by atoms with Crippen LogP contribution in [0.3, 0.4) is 0 Å². The minimum absolute atomic E-state index is 0.0479. The van der Waals surface area contributed by atoms with E-state index in [0.29, 0.717) is 6.54 Å². The molecule has 1 saturated heterocycles. The zero-order valence-corrected chi connectivity index (χ0v) is 16.7. The fourth-order valence-electron chi connectivity index (χ4n) is 6.17. The van der Waals surface area contributed by atoms with Gasteiger partial charge in [-0.3, -0.25) is 19.3 Å². The van der Waals surface area contributed by atoms with E-state index in [1.165, 1.54) is 16.9 Å². The number of carbonyl (C=O) groups is 3. The number of benzene rings is 1. The highest BCUT2D eigenvalue weighted by Crippen LogP contribution is 2.52. The highest BCUT2D eigenvalue weighted by atomic mass is 16.2. The first-order chi connectivity index (χ1) is 14.1. The first-order valence-corrected chi connectivity index (χ1v) is 10.9. The molecule has 3 fully saturated rings. The van der Waals surface area contributed by atoms with Crippen LogP contribution in [0.5, 0.6) is 0 Å². The second-order valence-corrected chi connectivity index (χ2v) is 9.25. The van der Waals surface area contributed by atoms with E-state index in [-0.39, 0.29) is 53.4 Å². The van der Waals surface area contributed by atoms with Crippen molar-refractivity contribution in [3.8, 4) is 0 Å². The van der Waals surface area contributed by atoms with Gasteiger partial charge in [0.1, 0.15) is 6.54 Å². The van der Waals surface area contributed by atoms with Crippen LogP contribution >= 0.6 is 0 Å². The van der Waals surface area contributed by atoms with E-state index in [1.807, 2.05) is 6.07 Å². The highest BCUT2D eigenvalue weighted by Gasteiger charge is 2.59. The van der Waals surface area contributed by atoms with Crippen LogP contribution < -0.4 is 5.32 Å². The van der Waals surface area contributed by atoms with Gasteiger partial charge in [0.05, 0.1) is 11.8 Å². The van der Waals surface area contributed by atoms with Crippen LogP contribution in [0.15, 0.2) is 42.5 Å². The van der Waals surface area contributed by atoms with Gasteiger partial charge >= 0.3 is 0 Å². The van der Waals surface area contributed by atoms with Gasteiger partial charge in [-0.15, -0.1) is 0 Å². The Balaban J connectivity index is 1.25. The number of imide groups is 1. The molecule has 3 amide bonds. The van der Waals surface area contributed by atoms with Gasteiger partial charge in [0.15, 0.2) is 0 Å². The molecule has 1 N–H and O–H groups in total. The van der Waals surface area contributed by atoms with Gasteiger partial charge in [-0.1, -0.05) is 61.7 Å². The van der Waals surface area contributed by atoms with Crippen molar-refractivity contribution < 1.29 is 14.4 Å². The maximum atomic E-state index is 12.8. The fraction of sp³-hybridized carbons (Fsp3) is 0.542. The molecule has 5 heteroatoms. The number of fused-ring (bicyclic) bond motifs is 5. The van der Waals surface area contributed by atoms with Gasteiger partial charge in [-0.2, -0.15) is 0 Å². The van der Waals surface area contributed by atoms with Crippen molar-refractivity contribution in [3.63, 3.8) is 0 Å². The van der Waals surface area contributed by atoms with Gasteiger partial charge in [0.2, 0.25) is 17.7 Å². The lowest BCUT2D eigenvalue weighted by molar-refractivity contribution is -0.144. The second-order valence-electron chi connectivity index (χ2n) is 9.25. The molecule has 5 rings (SSSR count). The third-order valence-corrected chi connectivity index (χ3v) is 7.68. The molecule has 1 aromatic carbocycles. The van der Waals surface area contributed by atoms with Crippen LogP contribution in [-0.2, 0) is 19.8 Å². The van der Waals surface area contributed by atoms with Crippen LogP contribution in [0.2, 0.25) is 0 Å². The summed E-state index contributed by atoms with van der Waals surface area (Å²) >= 11 is 0. The molecule has 2 saturated carbocycles. The quantitative estimate of drug-likeness (QED) is 0.619. The summed E-state index contributed by atoms with van der Waals surface area (Å²) in [7, 11) is 0. The minimum atomic E-state index is -0.237. The van der Waals surface area contributed by atoms with Gasteiger partial charge in [0.25, 0.3) is 0 Å². The molecule has 0 radical (unpaired) electrons. The van der Waals surface area contributed by atoms with Gasteiger partial charge in [0, 0.05) is 12.0 Å². The molecule has 0 spiro atoms. The number of hydrogen-bond donors (Lipinski definition) is 1. The molecule has 5 nitrogen and oxygen atoms in total. The zero-order valence-electron chi connectivity index (χ0n) is 16.7. The standard InChI is InChI=1S/C24H28N2O3/c27-19(14-26-22(28)20-16-9-10-17(13-16)21(20)23(26)29)25-15-24(11-5-2-6-12-24)18-7-3-1-4-8-18/h1,3-4,7-10,16-17,20-21H,2,5-6,11-15H2,(H,25,27). The summed E-state index contributed by atoms with van der Waals surface area (Å²) in [6.45, 7) is 0.417. The Morgan fingerprint density at radius 1 is 0.966 bits per heavy atom. The first kappa shape index (κ1) is 18.6. The lowest BCUT2D eigenvalue weighted by Gasteiger charge is -2.38. The third-order valence-electron chi connectivity index (χ3n) is 7.68. The van der Waals surface area contributed by atoms with E-state index in [1.54, 1.807) is 0 Å². The van der Waals surface area contributed by atoms with E-state index in [9.17, 15) is 14.4 Å². The molecular weight excluding hydrogens is 364 g/mol. The van der Waals surface area contributed by atoms with E-state index < -0.39 is 0 Å². The molecule has 4 atom stereocenters. The topological polar surface area (TPSA) is 66.5 Å². The zero-order chi connectivity index (χ0) is 20.0. The Kier molecular flexibility index (Phi) is 4.56. The number of rotatable bonds is 5. The van der Waals surface area contributed by atoms with Crippen molar-refractivity contribution in [1.82, 2.24) is 10.2 Å². The number of carbonyl (C=O) groups excluding carboxylic acids is 3. The monoisotopic (exact) mass is 392 g/mol. The fourth-order valence-corrected chi connectivity index (χ4v) is 6.17. The van der Waals surface area contributed by atoms with Crippen molar-refractivity contribution in [1.29, 1.82) is 0 Å². The van der Waals surface area contributed by atoms with Crippen molar-refractivity contribution >= 4 is 17.7 Å². The molecule has 1 aliphatic heterocycles. The smallest absolute Gasteiger partial charge is 0.240 e. The summed E-state index contributed by atoms with van der Waals surface area (Å²) in [6.07, 6.45) is 10.7. The molecule has 1 aromatic rings. The Morgan fingerprint density at radius 3 is 2.21 bits per heavy atom. The van der Waals surface area contributed by atoms with E-state index in [4.69, 9.17) is 0 Å². The predicted molar refractivity (Wildman–Crippen MR) is 109 cm³/mol. The average molecular weight is 392 g/mol. The summed E-state index contributed by atoms with van der Waals surface area (Å²) in [5.74, 6) is -0.646. The summed E-state index contributed by atoms with van der Waals surface area (Å²) in [6, 6.07) is 10.4. The summed E-state index contributed by atoms with van der Waals surface area (Å²) in [5.41, 5.74) is 1.22. The number of nitrogens with zero attached hydrogens (tertiary/aromatic N) is 1. The minimum Gasteiger partial charge on any atom is -0.354 e. The molecule has 3 aliphatic carbocycles. The molecular formula is C24H28N2O3. The van der Waals surface area contributed by atoms with Crippen LogP contribution in [0.4, 0.5) is 0 Å². The second kappa shape index (κ2) is 7.12. The number of allylic oxidation sites excluding steroid dienone is 2. The van der Waals surface area contributed by atoms with E-state index in [2.05, 4.69) is 41.7 Å². The first-order valence-electron chi connectivity index (χ1n) is 10.9. The summed E-state index contributed by atoms with van der Waals surface area (Å²) in [5, 5.41) is 3.06. The Bertz CT molecular complexity index is 826. The number of nitrogens with one attached hydrogen (secondary N) is 1. The van der Waals surface area contributed by atoms with Crippen molar-refractivity contribution in [2.45, 2.75) is 43.9 Å². The molecule has 29 heavy (non-hydrogen) atoms. The number of amides is 3. The Labute approximate surface area is 171 Å². The van der Waals surface area contributed by atoms with Crippen molar-refractivity contribution in [3.05, 3.63) is 48.0 Å². The number of likely N-dealkylation sites (tertiary alicyclic amines) is 1. The molecule has 0 aromatic heterocycles. The maximum absolute atomic E-state index is 12.8. The highest BCUT2D eigenvalue weighted by molar-refractivity contribution is 6.08. The summed E-state index contributed by atoms with van der Waals surface area (Å²) in [4.78, 5) is 39.6. The number of hydrogen-bond acceptors (Lipinski definition) is 3. The normalized spacial score (nSPS) is 31.9. The predicted octanol–water partition coefficient (Wildman–Crippen LogP) is 2.81. The maximum Gasteiger partial charge on any atom is 0.240 e. The van der Waals surface area contributed by atoms with Crippen LogP contribution in [0, 0.1) is 23.7 Å². The molecule has 1 heterocycles. The summed E-state index contributed by atoms with van der Waals surface area (Å²) < 4.78 is 0. The van der Waals surface area contributed by atoms with Crippen LogP contribution in [0.25, 0.3) is 0 Å². The van der Waals surface area contributed by atoms with Gasteiger partial charge in [-0.05, 0) is 36.7 Å². The lowest BCUT2D eigenvalue weighted by Crippen LogP contribution is -2.47. The molecule has 2 bridgehead atoms. The van der Waals surface area contributed by atoms with Gasteiger partial charge < -0.3 is 5.32 Å². The van der Waals surface area contributed by atoms with Crippen LogP contribution in [-0.4, -0.2) is 35.7 Å². The lowest BCUT2D eigenvalue weighted by atomic mass is 9.69. The third kappa shape index (κ3) is 3.02. The molecule has 4 aliphatic rings. The van der Waals surface area contributed by atoms with E-state index in [0.717, 1.165) is 32.1 Å². The average Bonchev–Trinajstić information content (AvgIpc) is 3.44. The Hall–Kier alpha value is -2.43. The largest absolute Gasteiger partial charge is 0.354 e. The van der Waals surface area contributed by atoms with E-state index >= 15 is 0 Å². The molecule has 4 unspecified atom stereocenters. The van der Waals surface area contributed by atoms with Crippen LogP contribution in [0.1, 0.15) is 44.1 Å². The molecule has 152 valence electrons. The SMILES string of the molecule is O=C(CN1C(=O)C2C3C=CC(C3)C2C1=O)NCC1(c2ccccc2)CCCCC1. The van der Waals surface area contributed by atoms with Crippen molar-refractivity contribution in [2.75, 3.05) is 13.1 Å².